The van der Waals surface area contributed by atoms with Gasteiger partial charge in [0, 0.05) is 42.6 Å². The third kappa shape index (κ3) is 9.08. The van der Waals surface area contributed by atoms with E-state index >= 15 is 0 Å². The summed E-state index contributed by atoms with van der Waals surface area (Å²) in [6.07, 6.45) is -6.79. The van der Waals surface area contributed by atoms with E-state index in [1.807, 2.05) is 0 Å². The van der Waals surface area contributed by atoms with Gasteiger partial charge in [-0.25, -0.2) is 4.79 Å². The summed E-state index contributed by atoms with van der Waals surface area (Å²) in [5.74, 6) is 0.885. The van der Waals surface area contributed by atoms with E-state index in [2.05, 4.69) is 15.6 Å². The van der Waals surface area contributed by atoms with Gasteiger partial charge in [-0.1, -0.05) is 36.4 Å². The molecule has 3 N–H and O–H groups in total. The van der Waals surface area contributed by atoms with Crippen LogP contribution in [0, 0.1) is 0 Å². The number of hydrogen-bond donors (Lipinski definition) is 3. The number of aromatic nitrogens is 2. The molecule has 2 aliphatic heterocycles. The van der Waals surface area contributed by atoms with Gasteiger partial charge in [0.05, 0.1) is 18.2 Å². The van der Waals surface area contributed by atoms with Crippen molar-refractivity contribution in [2.75, 3.05) is 20.2 Å². The van der Waals surface area contributed by atoms with Gasteiger partial charge in [-0.3, -0.25) is 9.59 Å². The van der Waals surface area contributed by atoms with Gasteiger partial charge < -0.3 is 24.0 Å². The maximum atomic E-state index is 13.3. The van der Waals surface area contributed by atoms with Gasteiger partial charge in [-0.2, -0.15) is 36.7 Å². The van der Waals surface area contributed by atoms with Crippen LogP contribution >= 0.6 is 0 Å². The number of nitrogens with zero attached hydrogens (tertiary/aromatic N) is 1. The molecule has 0 unspecified atom stereocenters. The van der Waals surface area contributed by atoms with E-state index in [0.29, 0.717) is 50.3 Å². The molecule has 0 aliphatic carbocycles. The molecule has 4 aromatic rings. The largest absolute Gasteiger partial charge is 0.453 e. The second kappa shape index (κ2) is 15.4. The first kappa shape index (κ1) is 36.5. The quantitative estimate of drug-likeness (QED) is 0.192. The number of aromatic amines is 2. The molecule has 50 heavy (non-hydrogen) atoms. The fourth-order valence-electron chi connectivity index (χ4n) is 6.75. The molecule has 0 saturated carbocycles. The predicted octanol–water partition coefficient (Wildman–Crippen LogP) is 6.61. The summed E-state index contributed by atoms with van der Waals surface area (Å²) in [7, 11) is 1.24. The van der Waals surface area contributed by atoms with Crippen molar-refractivity contribution in [3.05, 3.63) is 115 Å². The van der Waals surface area contributed by atoms with Crippen LogP contribution in [0.2, 0.25) is 0 Å². The van der Waals surface area contributed by atoms with Crippen molar-refractivity contribution in [2.24, 2.45) is 0 Å². The van der Waals surface area contributed by atoms with E-state index in [0.717, 1.165) is 18.6 Å². The Morgan fingerprint density at radius 3 is 1.82 bits per heavy atom. The zero-order chi connectivity index (χ0) is 36.1. The van der Waals surface area contributed by atoms with Crippen molar-refractivity contribution in [3.63, 3.8) is 0 Å². The lowest BCUT2D eigenvalue weighted by atomic mass is 9.85. The standard InChI is InChI=1S/C18H19F3N2O4.C16H17F3N2O2/c1-26-17(25)23-7-6-12(15-10-16(24)22-27-15)9-13(23)8-11-4-2-3-5-14(11)18(19,20)21;17-16(18,19)13-4-2-1-3-10(13)7-12-8-11(5-6-20-12)14-9-15(22)21-23-14/h2-5,10,12-13H,6-9H2,1H3,(H,22,24);1-4,9,11-12,20H,5-8H2,(H,21,22)/t12-,13-;11-,12-/m11/s1. The zero-order valence-electron chi connectivity index (χ0n) is 26.9. The number of rotatable bonds is 6. The van der Waals surface area contributed by atoms with Crippen LogP contribution in [0.1, 0.15) is 71.3 Å². The molecule has 2 saturated heterocycles. The summed E-state index contributed by atoms with van der Waals surface area (Å²) < 4.78 is 94.2. The lowest BCUT2D eigenvalue weighted by Gasteiger charge is -2.38. The van der Waals surface area contributed by atoms with Crippen LogP contribution in [-0.4, -0.2) is 53.6 Å². The highest BCUT2D eigenvalue weighted by Gasteiger charge is 2.38. The van der Waals surface area contributed by atoms with Gasteiger partial charge in [0.2, 0.25) is 0 Å². The number of carbonyl (C=O) groups excluding carboxylic acids is 1. The molecule has 10 nitrogen and oxygen atoms in total. The van der Waals surface area contributed by atoms with Crippen LogP contribution < -0.4 is 16.4 Å². The maximum Gasteiger partial charge on any atom is 0.416 e. The van der Waals surface area contributed by atoms with Gasteiger partial charge in [0.15, 0.2) is 0 Å². The molecular weight excluding hydrogens is 674 g/mol. The topological polar surface area (TPSA) is 134 Å². The van der Waals surface area contributed by atoms with E-state index in [-0.39, 0.29) is 46.5 Å². The Hall–Kier alpha value is -4.73. The smallest absolute Gasteiger partial charge is 0.416 e. The number of benzene rings is 2. The average Bonchev–Trinajstić information content (AvgIpc) is 3.72. The van der Waals surface area contributed by atoms with Crippen LogP contribution in [-0.2, 0) is 29.9 Å². The number of methoxy groups -OCH3 is 1. The highest BCUT2D eigenvalue weighted by molar-refractivity contribution is 5.68. The predicted molar refractivity (Wildman–Crippen MR) is 168 cm³/mol. The number of amides is 1. The number of nitrogens with one attached hydrogen (secondary N) is 3. The Kier molecular flexibility index (Phi) is 11.3. The number of H-pyrrole nitrogens is 2. The molecule has 0 radical (unpaired) electrons. The first-order chi connectivity index (χ1) is 23.7. The molecule has 6 rings (SSSR count). The normalized spacial score (nSPS) is 21.3. The van der Waals surface area contributed by atoms with E-state index in [1.165, 1.54) is 48.4 Å². The molecule has 4 heterocycles. The van der Waals surface area contributed by atoms with Gasteiger partial charge >= 0.3 is 18.4 Å². The molecule has 2 aliphatic rings. The Bertz CT molecular complexity index is 1840. The van der Waals surface area contributed by atoms with Crippen LogP contribution in [0.5, 0.6) is 0 Å². The minimum absolute atomic E-state index is 0.0237. The number of piperidine rings is 2. The summed E-state index contributed by atoms with van der Waals surface area (Å²) in [6, 6.07) is 13.1. The Balaban J connectivity index is 0.000000197. The first-order valence-corrected chi connectivity index (χ1v) is 16.0. The molecule has 0 bridgehead atoms. The Morgan fingerprint density at radius 2 is 1.32 bits per heavy atom. The third-order valence-electron chi connectivity index (χ3n) is 9.08. The highest BCUT2D eigenvalue weighted by atomic mass is 19.4. The van der Waals surface area contributed by atoms with Crippen molar-refractivity contribution < 1.29 is 44.9 Å². The Labute approximate surface area is 281 Å². The monoisotopic (exact) mass is 710 g/mol. The van der Waals surface area contributed by atoms with E-state index in [1.54, 1.807) is 12.1 Å². The zero-order valence-corrected chi connectivity index (χ0v) is 26.9. The van der Waals surface area contributed by atoms with Crippen molar-refractivity contribution in [1.82, 2.24) is 20.5 Å². The minimum atomic E-state index is -4.48. The number of halogens is 6. The average molecular weight is 711 g/mol. The number of likely N-dealkylation sites (tertiary alicyclic amines) is 1. The molecule has 2 aromatic carbocycles. The second-order valence-corrected chi connectivity index (χ2v) is 12.4. The van der Waals surface area contributed by atoms with Crippen LogP contribution in [0.4, 0.5) is 31.1 Å². The fraction of sp³-hybridized carbons (Fsp3) is 0.441. The lowest BCUT2D eigenvalue weighted by Crippen LogP contribution is -2.46. The van der Waals surface area contributed by atoms with Crippen LogP contribution in [0.3, 0.4) is 0 Å². The molecule has 2 fully saturated rings. The number of hydrogen-bond acceptors (Lipinski definition) is 7. The third-order valence-corrected chi connectivity index (χ3v) is 9.08. The molecule has 16 heteroatoms. The number of ether oxygens (including phenoxy) is 1. The summed E-state index contributed by atoms with van der Waals surface area (Å²) in [5.41, 5.74) is -1.58. The van der Waals surface area contributed by atoms with Gasteiger partial charge in [-0.15, -0.1) is 0 Å². The SMILES string of the molecule is COC(=O)N1CC[C@@H](c2cc(=O)[nH]o2)C[C@H]1Cc1ccccc1C(F)(F)F.O=c1cc([C@@H]2CCN[C@H](Cc3ccccc3C(F)(F)F)C2)o[nH]1. The van der Waals surface area contributed by atoms with Crippen molar-refractivity contribution in [2.45, 2.75) is 74.8 Å². The van der Waals surface area contributed by atoms with E-state index in [9.17, 15) is 40.7 Å². The lowest BCUT2D eigenvalue weighted by molar-refractivity contribution is -0.139. The molecular formula is C34H36F6N4O6. The van der Waals surface area contributed by atoms with Crippen LogP contribution in [0.25, 0.3) is 0 Å². The minimum Gasteiger partial charge on any atom is -0.453 e. The summed E-state index contributed by atoms with van der Waals surface area (Å²) in [4.78, 5) is 36.0. The second-order valence-electron chi connectivity index (χ2n) is 12.4. The van der Waals surface area contributed by atoms with Gasteiger partial charge in [-0.05, 0) is 68.3 Å². The fourth-order valence-corrected chi connectivity index (χ4v) is 6.75. The van der Waals surface area contributed by atoms with Crippen molar-refractivity contribution in [3.8, 4) is 0 Å². The number of alkyl halides is 6. The van der Waals surface area contributed by atoms with E-state index in [4.69, 9.17) is 13.8 Å². The molecule has 1 amide bonds. The van der Waals surface area contributed by atoms with Gasteiger partial charge in [0.1, 0.15) is 11.5 Å². The Morgan fingerprint density at radius 1 is 0.800 bits per heavy atom. The maximum absolute atomic E-state index is 13.3. The van der Waals surface area contributed by atoms with Gasteiger partial charge in [0.25, 0.3) is 11.1 Å². The van der Waals surface area contributed by atoms with Crippen LogP contribution in [0.15, 0.2) is 79.3 Å². The molecule has 2 aromatic heterocycles. The summed E-state index contributed by atoms with van der Waals surface area (Å²) in [5, 5.41) is 7.74. The van der Waals surface area contributed by atoms with Crippen molar-refractivity contribution >= 4 is 6.09 Å². The molecule has 4 atom stereocenters. The molecule has 270 valence electrons. The first-order valence-electron chi connectivity index (χ1n) is 16.0. The van der Waals surface area contributed by atoms with E-state index < -0.39 is 35.6 Å². The molecule has 0 spiro atoms. The summed E-state index contributed by atoms with van der Waals surface area (Å²) >= 11 is 0. The highest BCUT2D eigenvalue weighted by Crippen LogP contribution is 2.37. The summed E-state index contributed by atoms with van der Waals surface area (Å²) in [6.45, 7) is 0.976. The number of carbonyl (C=O) groups is 1. The van der Waals surface area contributed by atoms with Crippen molar-refractivity contribution in [1.29, 1.82) is 0 Å².